The molecule has 2 heterocycles. The first-order valence-corrected chi connectivity index (χ1v) is 8.54. The predicted octanol–water partition coefficient (Wildman–Crippen LogP) is 3.70. The first-order chi connectivity index (χ1) is 13.0. The van der Waals surface area contributed by atoms with Gasteiger partial charge in [-0.2, -0.15) is 5.10 Å². The fourth-order valence-electron chi connectivity index (χ4n) is 3.33. The third-order valence-corrected chi connectivity index (χ3v) is 4.62. The van der Waals surface area contributed by atoms with Crippen molar-refractivity contribution in [2.24, 2.45) is 0 Å². The van der Waals surface area contributed by atoms with E-state index in [1.54, 1.807) is 29.1 Å². The smallest absolute Gasteiger partial charge is 0.269 e. The van der Waals surface area contributed by atoms with E-state index < -0.39 is 4.92 Å². The maximum absolute atomic E-state index is 13.0. The fraction of sp³-hybridized carbons (Fsp3) is 0.150. The van der Waals surface area contributed by atoms with Crippen LogP contribution in [-0.2, 0) is 6.42 Å². The Hall–Kier alpha value is -3.61. The molecule has 0 N–H and O–H groups in total. The maximum atomic E-state index is 13.0. The summed E-state index contributed by atoms with van der Waals surface area (Å²) < 4.78 is 1.74. The molecule has 0 amide bonds. The lowest BCUT2D eigenvalue weighted by atomic mass is 9.88. The second-order valence-electron chi connectivity index (χ2n) is 6.35. The summed E-state index contributed by atoms with van der Waals surface area (Å²) in [6.45, 7) is 1.82. The van der Waals surface area contributed by atoms with Crippen molar-refractivity contribution in [2.45, 2.75) is 19.8 Å². The van der Waals surface area contributed by atoms with E-state index in [2.05, 4.69) is 10.1 Å². The molecule has 4 rings (SSSR count). The fourth-order valence-corrected chi connectivity index (χ4v) is 3.33. The SMILES string of the molecule is Cc1nn(-c2ccccn2)c2c1C(=O)C(=Cc1ccc([N+](=O)[O-])cc1)CC2. The van der Waals surface area contributed by atoms with Gasteiger partial charge < -0.3 is 0 Å². The summed E-state index contributed by atoms with van der Waals surface area (Å²) in [5.74, 6) is 0.645. The number of ketones is 1. The third-order valence-electron chi connectivity index (χ3n) is 4.62. The monoisotopic (exact) mass is 360 g/mol. The van der Waals surface area contributed by atoms with Gasteiger partial charge in [-0.05, 0) is 55.7 Å². The van der Waals surface area contributed by atoms with Crippen molar-refractivity contribution in [3.63, 3.8) is 0 Å². The number of carbonyl (C=O) groups excluding carboxylic acids is 1. The molecule has 1 aliphatic rings. The number of benzene rings is 1. The molecule has 0 spiro atoms. The summed E-state index contributed by atoms with van der Waals surface area (Å²) in [4.78, 5) is 27.7. The molecule has 27 heavy (non-hydrogen) atoms. The van der Waals surface area contributed by atoms with Gasteiger partial charge >= 0.3 is 0 Å². The normalized spacial score (nSPS) is 15.0. The van der Waals surface area contributed by atoms with Crippen LogP contribution in [0.1, 0.15) is 33.7 Å². The quantitative estimate of drug-likeness (QED) is 0.403. The van der Waals surface area contributed by atoms with Gasteiger partial charge in [0.25, 0.3) is 5.69 Å². The minimum Gasteiger partial charge on any atom is -0.289 e. The van der Waals surface area contributed by atoms with Crippen molar-refractivity contribution < 1.29 is 9.72 Å². The Bertz CT molecular complexity index is 1070. The first kappa shape index (κ1) is 16.8. The largest absolute Gasteiger partial charge is 0.289 e. The standard InChI is InChI=1S/C20H16N4O3/c1-13-19-17(23(22-13)18-4-2-3-11-21-18)10-7-15(20(19)25)12-14-5-8-16(9-6-14)24(26)27/h2-6,8-9,11-12H,7,10H2,1H3. The van der Waals surface area contributed by atoms with Crippen LogP contribution in [0, 0.1) is 17.0 Å². The number of hydrogen-bond acceptors (Lipinski definition) is 5. The number of pyridine rings is 1. The number of aromatic nitrogens is 3. The summed E-state index contributed by atoms with van der Waals surface area (Å²) in [6.07, 6.45) is 4.76. The van der Waals surface area contributed by atoms with Crippen molar-refractivity contribution in [1.82, 2.24) is 14.8 Å². The van der Waals surface area contributed by atoms with Crippen LogP contribution in [0.5, 0.6) is 0 Å². The lowest BCUT2D eigenvalue weighted by molar-refractivity contribution is -0.384. The van der Waals surface area contributed by atoms with E-state index in [4.69, 9.17) is 0 Å². The molecular formula is C20H16N4O3. The van der Waals surface area contributed by atoms with Crippen LogP contribution in [0.4, 0.5) is 5.69 Å². The number of nitro groups is 1. The average Bonchev–Trinajstić information content (AvgIpc) is 3.02. The van der Waals surface area contributed by atoms with Gasteiger partial charge in [-0.15, -0.1) is 0 Å². The highest BCUT2D eigenvalue weighted by molar-refractivity contribution is 6.13. The molecular weight excluding hydrogens is 344 g/mol. The summed E-state index contributed by atoms with van der Waals surface area (Å²) in [5, 5.41) is 15.3. The average molecular weight is 360 g/mol. The first-order valence-electron chi connectivity index (χ1n) is 8.54. The molecule has 3 aromatic rings. The van der Waals surface area contributed by atoms with Gasteiger partial charge in [0.2, 0.25) is 0 Å². The zero-order valence-electron chi connectivity index (χ0n) is 14.6. The Morgan fingerprint density at radius 1 is 1.15 bits per heavy atom. The summed E-state index contributed by atoms with van der Waals surface area (Å²) in [5.41, 5.74) is 3.65. The van der Waals surface area contributed by atoms with E-state index in [-0.39, 0.29) is 11.5 Å². The minimum atomic E-state index is -0.440. The Kier molecular flexibility index (Phi) is 4.12. The van der Waals surface area contributed by atoms with Gasteiger partial charge in [-0.3, -0.25) is 14.9 Å². The van der Waals surface area contributed by atoms with Crippen LogP contribution in [0.3, 0.4) is 0 Å². The van der Waals surface area contributed by atoms with Crippen molar-refractivity contribution in [3.05, 3.63) is 86.9 Å². The van der Waals surface area contributed by atoms with E-state index in [1.165, 1.54) is 12.1 Å². The number of nitro benzene ring substituents is 1. The van der Waals surface area contributed by atoms with Gasteiger partial charge in [0.05, 0.1) is 21.9 Å². The van der Waals surface area contributed by atoms with Crippen LogP contribution >= 0.6 is 0 Å². The Balaban J connectivity index is 1.69. The number of Topliss-reactive ketones (excluding diaryl/α,β-unsaturated/α-hetero) is 1. The number of hydrogen-bond donors (Lipinski definition) is 0. The minimum absolute atomic E-state index is 0.0295. The number of aryl methyl sites for hydroxylation is 1. The Morgan fingerprint density at radius 2 is 1.93 bits per heavy atom. The number of nitrogens with zero attached hydrogens (tertiary/aromatic N) is 4. The van der Waals surface area contributed by atoms with Crippen molar-refractivity contribution in [2.75, 3.05) is 0 Å². The highest BCUT2D eigenvalue weighted by atomic mass is 16.6. The van der Waals surface area contributed by atoms with Crippen molar-refractivity contribution >= 4 is 17.5 Å². The highest BCUT2D eigenvalue weighted by Crippen LogP contribution is 2.30. The van der Waals surface area contributed by atoms with Crippen molar-refractivity contribution in [1.29, 1.82) is 0 Å². The van der Waals surface area contributed by atoms with Gasteiger partial charge in [0, 0.05) is 23.9 Å². The number of allylic oxidation sites excluding steroid dienone is 1. The molecule has 0 radical (unpaired) electrons. The molecule has 0 fully saturated rings. The van der Waals surface area contributed by atoms with Gasteiger partial charge in [-0.25, -0.2) is 9.67 Å². The molecule has 134 valence electrons. The molecule has 0 saturated carbocycles. The number of non-ortho nitro benzene ring substituents is 1. The van der Waals surface area contributed by atoms with Gasteiger partial charge in [0.1, 0.15) is 0 Å². The summed E-state index contributed by atoms with van der Waals surface area (Å²) >= 11 is 0. The molecule has 0 unspecified atom stereocenters. The van der Waals surface area contributed by atoms with Crippen LogP contribution in [0.15, 0.2) is 54.2 Å². The molecule has 7 nitrogen and oxygen atoms in total. The van der Waals surface area contributed by atoms with Crippen LogP contribution in [0.2, 0.25) is 0 Å². The Labute approximate surface area is 155 Å². The molecule has 2 aromatic heterocycles. The summed E-state index contributed by atoms with van der Waals surface area (Å²) in [7, 11) is 0. The molecule has 0 aliphatic heterocycles. The Morgan fingerprint density at radius 3 is 2.59 bits per heavy atom. The van der Waals surface area contributed by atoms with E-state index in [0.717, 1.165) is 11.3 Å². The number of carbonyl (C=O) groups is 1. The van der Waals surface area contributed by atoms with E-state index in [1.807, 2.05) is 25.1 Å². The van der Waals surface area contributed by atoms with E-state index in [9.17, 15) is 14.9 Å². The van der Waals surface area contributed by atoms with Crippen LogP contribution in [0.25, 0.3) is 11.9 Å². The molecule has 1 aromatic carbocycles. The zero-order valence-corrected chi connectivity index (χ0v) is 14.6. The summed E-state index contributed by atoms with van der Waals surface area (Å²) in [6, 6.07) is 11.8. The van der Waals surface area contributed by atoms with E-state index in [0.29, 0.717) is 35.5 Å². The molecule has 0 atom stereocenters. The highest BCUT2D eigenvalue weighted by Gasteiger charge is 2.29. The van der Waals surface area contributed by atoms with E-state index >= 15 is 0 Å². The second kappa shape index (κ2) is 6.60. The molecule has 1 aliphatic carbocycles. The number of fused-ring (bicyclic) bond motifs is 1. The third kappa shape index (κ3) is 3.03. The lowest BCUT2D eigenvalue weighted by Gasteiger charge is -2.16. The maximum Gasteiger partial charge on any atom is 0.269 e. The number of rotatable bonds is 3. The van der Waals surface area contributed by atoms with Gasteiger partial charge in [-0.1, -0.05) is 6.07 Å². The topological polar surface area (TPSA) is 90.9 Å². The predicted molar refractivity (Wildman–Crippen MR) is 99.8 cm³/mol. The zero-order chi connectivity index (χ0) is 19.0. The van der Waals surface area contributed by atoms with Gasteiger partial charge in [0.15, 0.2) is 11.6 Å². The molecule has 0 bridgehead atoms. The second-order valence-corrected chi connectivity index (χ2v) is 6.35. The van der Waals surface area contributed by atoms with Crippen LogP contribution < -0.4 is 0 Å². The van der Waals surface area contributed by atoms with Crippen LogP contribution in [-0.4, -0.2) is 25.5 Å². The van der Waals surface area contributed by atoms with Crippen molar-refractivity contribution in [3.8, 4) is 5.82 Å². The lowest BCUT2D eigenvalue weighted by Crippen LogP contribution is -2.16. The molecule has 7 heteroatoms. The molecule has 0 saturated heterocycles.